The summed E-state index contributed by atoms with van der Waals surface area (Å²) in [6.07, 6.45) is 4.81. The van der Waals surface area contributed by atoms with Crippen LogP contribution in [0.25, 0.3) is 0 Å². The summed E-state index contributed by atoms with van der Waals surface area (Å²) in [7, 11) is 0. The lowest BCUT2D eigenvalue weighted by molar-refractivity contribution is -0.138. The number of hydrogen-bond acceptors (Lipinski definition) is 4. The molecule has 1 heterocycles. The minimum atomic E-state index is -1.01. The van der Waals surface area contributed by atoms with Crippen molar-refractivity contribution in [3.05, 3.63) is 16.1 Å². The predicted molar refractivity (Wildman–Crippen MR) is 67.1 cm³/mol. The maximum atomic E-state index is 10.8. The van der Waals surface area contributed by atoms with Gasteiger partial charge in [0.2, 0.25) is 0 Å². The first-order chi connectivity index (χ1) is 8.08. The maximum absolute atomic E-state index is 10.8. The number of rotatable bonds is 3. The molecule has 1 aliphatic rings. The summed E-state index contributed by atoms with van der Waals surface area (Å²) >= 11 is 1.55. The van der Waals surface area contributed by atoms with Crippen LogP contribution in [-0.2, 0) is 4.79 Å². The number of thiazole rings is 1. The summed E-state index contributed by atoms with van der Waals surface area (Å²) in [5, 5.41) is 11.7. The van der Waals surface area contributed by atoms with Crippen molar-refractivity contribution in [1.82, 2.24) is 4.98 Å². The molecule has 2 rings (SSSR count). The smallest absolute Gasteiger partial charge is 0.326 e. The summed E-state index contributed by atoms with van der Waals surface area (Å²) in [6.45, 7) is 2.28. The van der Waals surface area contributed by atoms with Crippen molar-refractivity contribution in [1.29, 1.82) is 0 Å². The zero-order valence-electron chi connectivity index (χ0n) is 9.93. The van der Waals surface area contributed by atoms with Gasteiger partial charge in [-0.25, -0.2) is 4.98 Å². The second kappa shape index (κ2) is 5.14. The molecule has 0 saturated heterocycles. The average Bonchev–Trinajstić information content (AvgIpc) is 2.78. The molecule has 0 radical (unpaired) electrons. The van der Waals surface area contributed by atoms with Gasteiger partial charge in [-0.2, -0.15) is 0 Å². The van der Waals surface area contributed by atoms with Crippen LogP contribution in [0.2, 0.25) is 0 Å². The molecule has 4 nitrogen and oxygen atoms in total. The minimum Gasteiger partial charge on any atom is -0.480 e. The van der Waals surface area contributed by atoms with Gasteiger partial charge in [0.1, 0.15) is 6.04 Å². The van der Waals surface area contributed by atoms with Crippen molar-refractivity contribution in [2.24, 2.45) is 11.7 Å². The van der Waals surface area contributed by atoms with E-state index in [-0.39, 0.29) is 0 Å². The summed E-state index contributed by atoms with van der Waals surface area (Å²) in [4.78, 5) is 15.2. The van der Waals surface area contributed by atoms with Crippen LogP contribution < -0.4 is 5.73 Å². The molecule has 1 atom stereocenters. The Hall–Kier alpha value is -0.940. The van der Waals surface area contributed by atoms with Crippen molar-refractivity contribution in [3.63, 3.8) is 0 Å². The SMILES string of the molecule is CC1CCC(c2nc(C(N)C(=O)O)cs2)CC1. The van der Waals surface area contributed by atoms with Crippen LogP contribution in [0.3, 0.4) is 0 Å². The Kier molecular flexibility index (Phi) is 3.79. The number of carboxylic acid groups (broad SMARTS) is 1. The Morgan fingerprint density at radius 1 is 1.53 bits per heavy atom. The third-order valence-electron chi connectivity index (χ3n) is 3.49. The monoisotopic (exact) mass is 254 g/mol. The van der Waals surface area contributed by atoms with E-state index in [1.807, 2.05) is 0 Å². The summed E-state index contributed by atoms with van der Waals surface area (Å²) in [5.74, 6) is 0.303. The van der Waals surface area contributed by atoms with Crippen molar-refractivity contribution < 1.29 is 9.90 Å². The fourth-order valence-electron chi connectivity index (χ4n) is 2.26. The highest BCUT2D eigenvalue weighted by molar-refractivity contribution is 7.09. The Balaban J connectivity index is 2.05. The molecular formula is C12H18N2O2S. The molecule has 0 aliphatic heterocycles. The molecule has 1 unspecified atom stereocenters. The van der Waals surface area contributed by atoms with Crippen molar-refractivity contribution in [3.8, 4) is 0 Å². The average molecular weight is 254 g/mol. The molecule has 5 heteroatoms. The van der Waals surface area contributed by atoms with Gasteiger partial charge in [0, 0.05) is 11.3 Å². The quantitative estimate of drug-likeness (QED) is 0.869. The zero-order chi connectivity index (χ0) is 12.4. The number of aromatic nitrogens is 1. The Morgan fingerprint density at radius 3 is 2.76 bits per heavy atom. The van der Waals surface area contributed by atoms with Crippen LogP contribution in [0.4, 0.5) is 0 Å². The first-order valence-corrected chi connectivity index (χ1v) is 6.89. The van der Waals surface area contributed by atoms with E-state index in [9.17, 15) is 4.79 Å². The van der Waals surface area contributed by atoms with E-state index >= 15 is 0 Å². The lowest BCUT2D eigenvalue weighted by Gasteiger charge is -2.24. The number of nitrogens with two attached hydrogens (primary N) is 1. The molecule has 1 saturated carbocycles. The van der Waals surface area contributed by atoms with E-state index in [0.717, 1.165) is 23.8 Å². The second-order valence-corrected chi connectivity index (χ2v) is 5.77. The first-order valence-electron chi connectivity index (χ1n) is 6.01. The zero-order valence-corrected chi connectivity index (χ0v) is 10.7. The van der Waals surface area contributed by atoms with E-state index < -0.39 is 12.0 Å². The minimum absolute atomic E-state index is 0.496. The molecule has 0 amide bonds. The molecule has 3 N–H and O–H groups in total. The summed E-state index contributed by atoms with van der Waals surface area (Å²) < 4.78 is 0. The molecule has 1 aromatic rings. The molecule has 0 aromatic carbocycles. The van der Waals surface area contributed by atoms with Crippen LogP contribution in [0, 0.1) is 5.92 Å². The molecule has 1 aliphatic carbocycles. The highest BCUT2D eigenvalue weighted by Crippen LogP contribution is 2.37. The molecular weight excluding hydrogens is 236 g/mol. The number of carboxylic acids is 1. The molecule has 0 spiro atoms. The van der Waals surface area contributed by atoms with Gasteiger partial charge in [0.25, 0.3) is 0 Å². The topological polar surface area (TPSA) is 76.2 Å². The van der Waals surface area contributed by atoms with Crippen LogP contribution in [0.5, 0.6) is 0 Å². The van der Waals surface area contributed by atoms with Gasteiger partial charge in [-0.05, 0) is 18.8 Å². The number of aliphatic carboxylic acids is 1. The van der Waals surface area contributed by atoms with Crippen LogP contribution >= 0.6 is 11.3 Å². The second-order valence-electron chi connectivity index (χ2n) is 4.88. The van der Waals surface area contributed by atoms with Crippen LogP contribution in [0.15, 0.2) is 5.38 Å². The van der Waals surface area contributed by atoms with E-state index in [0.29, 0.717) is 11.6 Å². The van der Waals surface area contributed by atoms with Gasteiger partial charge in [-0.1, -0.05) is 19.8 Å². The highest BCUT2D eigenvalue weighted by atomic mass is 32.1. The Labute approximate surface area is 105 Å². The standard InChI is InChI=1S/C12H18N2O2S/c1-7-2-4-8(5-3-7)11-14-9(6-17-11)10(13)12(15)16/h6-8,10H,2-5,13H2,1H3,(H,15,16). The Morgan fingerprint density at radius 2 is 2.18 bits per heavy atom. The van der Waals surface area contributed by atoms with Crippen molar-refractivity contribution in [2.45, 2.75) is 44.6 Å². The predicted octanol–water partition coefficient (Wildman–Crippen LogP) is 2.52. The lowest BCUT2D eigenvalue weighted by atomic mass is 9.83. The van der Waals surface area contributed by atoms with Crippen LogP contribution in [-0.4, -0.2) is 16.1 Å². The van der Waals surface area contributed by atoms with E-state index in [2.05, 4.69) is 11.9 Å². The van der Waals surface area contributed by atoms with Gasteiger partial charge in [-0.15, -0.1) is 11.3 Å². The van der Waals surface area contributed by atoms with Gasteiger partial charge in [-0.3, -0.25) is 4.79 Å². The third kappa shape index (κ3) is 2.84. The number of nitrogens with zero attached hydrogens (tertiary/aromatic N) is 1. The van der Waals surface area contributed by atoms with Crippen LogP contribution in [0.1, 0.15) is 55.3 Å². The lowest BCUT2D eigenvalue weighted by Crippen LogP contribution is -2.21. The molecule has 1 aromatic heterocycles. The maximum Gasteiger partial charge on any atom is 0.326 e. The highest BCUT2D eigenvalue weighted by Gasteiger charge is 2.24. The molecule has 17 heavy (non-hydrogen) atoms. The summed E-state index contributed by atoms with van der Waals surface area (Å²) in [5.41, 5.74) is 6.04. The molecule has 1 fully saturated rings. The van der Waals surface area contributed by atoms with Gasteiger partial charge in [0.15, 0.2) is 0 Å². The van der Waals surface area contributed by atoms with Crippen molar-refractivity contribution >= 4 is 17.3 Å². The van der Waals surface area contributed by atoms with Gasteiger partial charge < -0.3 is 10.8 Å². The van der Waals surface area contributed by atoms with Crippen molar-refractivity contribution in [2.75, 3.05) is 0 Å². The number of hydrogen-bond donors (Lipinski definition) is 2. The summed E-state index contributed by atoms with van der Waals surface area (Å²) in [6, 6.07) is -0.984. The van der Waals surface area contributed by atoms with E-state index in [4.69, 9.17) is 10.8 Å². The van der Waals surface area contributed by atoms with E-state index in [1.54, 1.807) is 16.7 Å². The van der Waals surface area contributed by atoms with Gasteiger partial charge >= 0.3 is 5.97 Å². The van der Waals surface area contributed by atoms with Gasteiger partial charge in [0.05, 0.1) is 10.7 Å². The molecule has 0 bridgehead atoms. The normalized spacial score (nSPS) is 26.7. The third-order valence-corrected chi connectivity index (χ3v) is 4.51. The Bertz CT molecular complexity index is 397. The molecule has 94 valence electrons. The number of carbonyl (C=O) groups is 1. The first kappa shape index (κ1) is 12.5. The fraction of sp³-hybridized carbons (Fsp3) is 0.667. The van der Waals surface area contributed by atoms with E-state index in [1.165, 1.54) is 12.8 Å². The fourth-order valence-corrected chi connectivity index (χ4v) is 3.29. The largest absolute Gasteiger partial charge is 0.480 e.